The predicted octanol–water partition coefficient (Wildman–Crippen LogP) is 0.149. The Labute approximate surface area is 86.2 Å². The number of carboxylic acids is 1. The van der Waals surface area contributed by atoms with Gasteiger partial charge in [0.2, 0.25) is 0 Å². The lowest BCUT2D eigenvalue weighted by atomic mass is 10.1. The number of nitrogens with one attached hydrogen (secondary N) is 1. The van der Waals surface area contributed by atoms with Crippen molar-refractivity contribution in [1.82, 2.24) is 9.97 Å². The van der Waals surface area contributed by atoms with Crippen LogP contribution in [0.3, 0.4) is 0 Å². The summed E-state index contributed by atoms with van der Waals surface area (Å²) in [5.41, 5.74) is 5.56. The highest BCUT2D eigenvalue weighted by atomic mass is 16.4. The van der Waals surface area contributed by atoms with E-state index in [1.807, 2.05) is 0 Å². The average Bonchev–Trinajstić information content (AvgIpc) is 2.14. The van der Waals surface area contributed by atoms with E-state index in [-0.39, 0.29) is 17.9 Å². The van der Waals surface area contributed by atoms with Crippen LogP contribution in [0.15, 0.2) is 11.0 Å². The van der Waals surface area contributed by atoms with E-state index in [9.17, 15) is 9.59 Å². The summed E-state index contributed by atoms with van der Waals surface area (Å²) in [7, 11) is 0. The highest BCUT2D eigenvalue weighted by Crippen LogP contribution is 2.01. The Morgan fingerprint density at radius 3 is 2.87 bits per heavy atom. The fraction of sp³-hybridized carbons (Fsp3) is 0.444. The lowest BCUT2D eigenvalue weighted by molar-refractivity contribution is -0.137. The first-order valence-corrected chi connectivity index (χ1v) is 4.65. The summed E-state index contributed by atoms with van der Waals surface area (Å²) in [5, 5.41) is 8.40. The van der Waals surface area contributed by atoms with Crippen molar-refractivity contribution < 1.29 is 9.90 Å². The van der Waals surface area contributed by atoms with Gasteiger partial charge in [-0.05, 0) is 19.3 Å². The van der Waals surface area contributed by atoms with Crippen LogP contribution >= 0.6 is 0 Å². The lowest BCUT2D eigenvalue weighted by Crippen LogP contribution is -2.15. The van der Waals surface area contributed by atoms with Crippen molar-refractivity contribution in [2.75, 3.05) is 5.73 Å². The second-order valence-electron chi connectivity index (χ2n) is 3.22. The van der Waals surface area contributed by atoms with E-state index in [2.05, 4.69) is 9.97 Å². The molecule has 0 amide bonds. The Kier molecular flexibility index (Phi) is 3.84. The van der Waals surface area contributed by atoms with Crippen LogP contribution in [0.2, 0.25) is 0 Å². The highest BCUT2D eigenvalue weighted by molar-refractivity contribution is 5.66. The second-order valence-corrected chi connectivity index (χ2v) is 3.22. The van der Waals surface area contributed by atoms with Gasteiger partial charge in [-0.15, -0.1) is 0 Å². The number of H-pyrrole nitrogens is 1. The number of carboxylic acid groups (broad SMARTS) is 1. The first-order chi connectivity index (χ1) is 7.09. The molecular formula is C9H13N3O3. The van der Waals surface area contributed by atoms with Gasteiger partial charge in [0, 0.05) is 18.2 Å². The maximum atomic E-state index is 11.3. The molecule has 0 aromatic carbocycles. The molecule has 6 heteroatoms. The van der Waals surface area contributed by atoms with Gasteiger partial charge >= 0.3 is 5.97 Å². The maximum Gasteiger partial charge on any atom is 0.303 e. The molecule has 0 aliphatic rings. The van der Waals surface area contributed by atoms with Crippen molar-refractivity contribution in [3.63, 3.8) is 0 Å². The van der Waals surface area contributed by atoms with Crippen LogP contribution in [0.4, 0.5) is 5.95 Å². The minimum absolute atomic E-state index is 0.0919. The molecule has 0 unspecified atom stereocenters. The number of unbranched alkanes of at least 4 members (excludes halogenated alkanes) is 1. The monoisotopic (exact) mass is 211 g/mol. The predicted molar refractivity (Wildman–Crippen MR) is 54.5 cm³/mol. The molecule has 4 N–H and O–H groups in total. The number of aryl methyl sites for hydroxylation is 1. The topological polar surface area (TPSA) is 109 Å². The smallest absolute Gasteiger partial charge is 0.303 e. The van der Waals surface area contributed by atoms with Gasteiger partial charge < -0.3 is 10.8 Å². The third-order valence-electron chi connectivity index (χ3n) is 1.98. The summed E-state index contributed by atoms with van der Waals surface area (Å²) in [5.74, 6) is -0.728. The second kappa shape index (κ2) is 5.14. The SMILES string of the molecule is Nc1ncc(CCCCC(=O)O)c(=O)[nH]1. The number of nitrogen functional groups attached to an aromatic ring is 1. The molecule has 0 aliphatic heterocycles. The summed E-state index contributed by atoms with van der Waals surface area (Å²) in [4.78, 5) is 27.6. The normalized spacial score (nSPS) is 10.1. The van der Waals surface area contributed by atoms with Crippen molar-refractivity contribution in [2.45, 2.75) is 25.7 Å². The molecule has 0 atom stereocenters. The zero-order chi connectivity index (χ0) is 11.3. The molecule has 0 spiro atoms. The van der Waals surface area contributed by atoms with E-state index in [1.165, 1.54) is 6.20 Å². The maximum absolute atomic E-state index is 11.3. The number of aromatic nitrogens is 2. The molecule has 82 valence electrons. The minimum atomic E-state index is -0.820. The van der Waals surface area contributed by atoms with Gasteiger partial charge in [0.15, 0.2) is 5.95 Å². The third-order valence-corrected chi connectivity index (χ3v) is 1.98. The van der Waals surface area contributed by atoms with E-state index in [0.29, 0.717) is 24.8 Å². The standard InChI is InChI=1S/C9H13N3O3/c10-9-11-5-6(8(15)12-9)3-1-2-4-7(13)14/h5H,1-4H2,(H,13,14)(H3,10,11,12,15). The summed E-state index contributed by atoms with van der Waals surface area (Å²) >= 11 is 0. The number of nitrogens with zero attached hydrogens (tertiary/aromatic N) is 1. The molecule has 6 nitrogen and oxygen atoms in total. The van der Waals surface area contributed by atoms with Crippen LogP contribution in [0.25, 0.3) is 0 Å². The Morgan fingerprint density at radius 1 is 1.53 bits per heavy atom. The van der Waals surface area contributed by atoms with E-state index in [0.717, 1.165) is 0 Å². The van der Waals surface area contributed by atoms with Gasteiger partial charge in [-0.25, -0.2) is 4.98 Å². The van der Waals surface area contributed by atoms with Gasteiger partial charge in [-0.2, -0.15) is 0 Å². The van der Waals surface area contributed by atoms with Crippen LogP contribution < -0.4 is 11.3 Å². The Bertz CT molecular complexity index is 400. The van der Waals surface area contributed by atoms with Gasteiger partial charge in [0.1, 0.15) is 0 Å². The number of nitrogens with two attached hydrogens (primary N) is 1. The quantitative estimate of drug-likeness (QED) is 0.600. The van der Waals surface area contributed by atoms with Crippen molar-refractivity contribution in [2.24, 2.45) is 0 Å². The number of hydrogen-bond acceptors (Lipinski definition) is 4. The van der Waals surface area contributed by atoms with E-state index >= 15 is 0 Å². The van der Waals surface area contributed by atoms with Gasteiger partial charge in [-0.3, -0.25) is 14.6 Å². The average molecular weight is 211 g/mol. The van der Waals surface area contributed by atoms with Crippen LogP contribution in [-0.4, -0.2) is 21.0 Å². The summed E-state index contributed by atoms with van der Waals surface area (Å²) in [6, 6.07) is 0. The highest BCUT2D eigenvalue weighted by Gasteiger charge is 2.02. The molecule has 0 aliphatic carbocycles. The number of aromatic amines is 1. The van der Waals surface area contributed by atoms with E-state index in [1.54, 1.807) is 0 Å². The molecular weight excluding hydrogens is 198 g/mol. The lowest BCUT2D eigenvalue weighted by Gasteiger charge is -1.99. The molecule has 1 heterocycles. The largest absolute Gasteiger partial charge is 0.481 e. The van der Waals surface area contributed by atoms with Crippen molar-refractivity contribution >= 4 is 11.9 Å². The zero-order valence-electron chi connectivity index (χ0n) is 8.19. The van der Waals surface area contributed by atoms with Crippen LogP contribution in [0.1, 0.15) is 24.8 Å². The molecule has 15 heavy (non-hydrogen) atoms. The summed E-state index contributed by atoms with van der Waals surface area (Å²) in [6.45, 7) is 0. The van der Waals surface area contributed by atoms with Crippen molar-refractivity contribution in [3.8, 4) is 0 Å². The van der Waals surface area contributed by atoms with E-state index < -0.39 is 5.97 Å². The van der Waals surface area contributed by atoms with Gasteiger partial charge in [0.25, 0.3) is 5.56 Å². The Morgan fingerprint density at radius 2 is 2.27 bits per heavy atom. The first-order valence-electron chi connectivity index (χ1n) is 4.65. The molecule has 0 bridgehead atoms. The Balaban J connectivity index is 2.44. The number of hydrogen-bond donors (Lipinski definition) is 3. The van der Waals surface area contributed by atoms with Crippen LogP contribution in [0.5, 0.6) is 0 Å². The number of aliphatic carboxylic acids is 1. The number of anilines is 1. The number of carbonyl (C=O) groups is 1. The van der Waals surface area contributed by atoms with Gasteiger partial charge in [0.05, 0.1) is 0 Å². The fourth-order valence-corrected chi connectivity index (χ4v) is 1.20. The van der Waals surface area contributed by atoms with E-state index in [4.69, 9.17) is 10.8 Å². The first kappa shape index (κ1) is 11.2. The molecule has 0 saturated carbocycles. The zero-order valence-corrected chi connectivity index (χ0v) is 8.19. The minimum Gasteiger partial charge on any atom is -0.481 e. The fourth-order valence-electron chi connectivity index (χ4n) is 1.20. The molecule has 1 aromatic rings. The number of rotatable bonds is 5. The molecule has 1 rings (SSSR count). The molecule has 0 saturated heterocycles. The van der Waals surface area contributed by atoms with Crippen molar-refractivity contribution in [1.29, 1.82) is 0 Å². The molecule has 1 aromatic heterocycles. The van der Waals surface area contributed by atoms with Gasteiger partial charge in [-0.1, -0.05) is 0 Å². The Hall–Kier alpha value is -1.85. The summed E-state index contributed by atoms with van der Waals surface area (Å²) < 4.78 is 0. The van der Waals surface area contributed by atoms with Crippen LogP contribution in [-0.2, 0) is 11.2 Å². The molecule has 0 fully saturated rings. The van der Waals surface area contributed by atoms with Crippen LogP contribution in [0, 0.1) is 0 Å². The summed E-state index contributed by atoms with van der Waals surface area (Å²) in [6.07, 6.45) is 3.28. The molecule has 0 radical (unpaired) electrons. The third kappa shape index (κ3) is 3.80. The van der Waals surface area contributed by atoms with Crippen molar-refractivity contribution in [3.05, 3.63) is 22.1 Å².